The van der Waals surface area contributed by atoms with Crippen LogP contribution in [0.5, 0.6) is 0 Å². The zero-order valence-electron chi connectivity index (χ0n) is 12.5. The Morgan fingerprint density at radius 1 is 1.26 bits per heavy atom. The van der Waals surface area contributed by atoms with Crippen molar-refractivity contribution in [1.29, 1.82) is 0 Å². The summed E-state index contributed by atoms with van der Waals surface area (Å²) in [6.07, 6.45) is 1.69. The second-order valence-corrected chi connectivity index (χ2v) is 7.77. The predicted octanol–water partition coefficient (Wildman–Crippen LogP) is 3.05. The summed E-state index contributed by atoms with van der Waals surface area (Å²) in [6, 6.07) is 2.67. The summed E-state index contributed by atoms with van der Waals surface area (Å²) >= 11 is 6.67. The maximum Gasteiger partial charge on any atom is 0.270 e. The molecule has 8 heteroatoms. The van der Waals surface area contributed by atoms with Crippen LogP contribution in [0.3, 0.4) is 0 Å². The molecule has 0 radical (unpaired) electrons. The number of benzene rings is 1. The Hall–Kier alpha value is -1.12. The number of aromatic nitrogens is 2. The van der Waals surface area contributed by atoms with Crippen LogP contribution in [0, 0.1) is 5.82 Å². The monoisotopic (exact) mass is 446 g/mol. The highest BCUT2D eigenvalue weighted by molar-refractivity contribution is 9.11. The topological polar surface area (TPSA) is 75.8 Å². The van der Waals surface area contributed by atoms with Gasteiger partial charge in [0.15, 0.2) is 0 Å². The molecule has 1 aromatic heterocycles. The molecule has 1 fully saturated rings. The number of hydrogen-bond acceptors (Lipinski definition) is 3. The van der Waals surface area contributed by atoms with Crippen molar-refractivity contribution >= 4 is 37.7 Å². The molecule has 0 aliphatic carbocycles. The van der Waals surface area contributed by atoms with Crippen molar-refractivity contribution in [3.63, 3.8) is 0 Å². The third kappa shape index (κ3) is 2.88. The van der Waals surface area contributed by atoms with Crippen LogP contribution < -0.4 is 16.6 Å². The number of nitrogens with two attached hydrogens (primary N) is 1. The van der Waals surface area contributed by atoms with E-state index in [1.165, 1.54) is 16.8 Å². The molecule has 0 saturated carbocycles. The number of aromatic amines is 1. The number of rotatable bonds is 2. The molecule has 2 heterocycles. The molecule has 4 N–H and O–H groups in total. The summed E-state index contributed by atoms with van der Waals surface area (Å²) in [6.45, 7) is 3.77. The lowest BCUT2D eigenvalue weighted by molar-refractivity contribution is 0.334. The Labute approximate surface area is 149 Å². The van der Waals surface area contributed by atoms with E-state index < -0.39 is 0 Å². The quantitative estimate of drug-likeness (QED) is 0.662. The van der Waals surface area contributed by atoms with Gasteiger partial charge in [0.05, 0.1) is 11.3 Å². The van der Waals surface area contributed by atoms with Crippen molar-refractivity contribution < 1.29 is 4.39 Å². The van der Waals surface area contributed by atoms with E-state index >= 15 is 0 Å². The number of nitrogens with zero attached hydrogens (tertiary/aromatic N) is 1. The fourth-order valence-corrected chi connectivity index (χ4v) is 4.67. The molecule has 0 spiro atoms. The molecule has 23 heavy (non-hydrogen) atoms. The van der Waals surface area contributed by atoms with Crippen LogP contribution in [0.1, 0.15) is 25.3 Å². The van der Waals surface area contributed by atoms with E-state index in [2.05, 4.69) is 49.2 Å². The average Bonchev–Trinajstić information content (AvgIpc) is 2.74. The van der Waals surface area contributed by atoms with Crippen molar-refractivity contribution in [3.05, 3.63) is 42.8 Å². The van der Waals surface area contributed by atoms with E-state index in [1.54, 1.807) is 0 Å². The van der Waals surface area contributed by atoms with Crippen molar-refractivity contribution in [1.82, 2.24) is 15.1 Å². The minimum atomic E-state index is -0.383. The zero-order chi connectivity index (χ0) is 16.8. The van der Waals surface area contributed by atoms with Gasteiger partial charge >= 0.3 is 0 Å². The van der Waals surface area contributed by atoms with E-state index in [1.807, 2.05) is 0 Å². The summed E-state index contributed by atoms with van der Waals surface area (Å²) in [7, 11) is 0. The van der Waals surface area contributed by atoms with Gasteiger partial charge in [-0.3, -0.25) is 9.89 Å². The largest absolute Gasteiger partial charge is 0.383 e. The molecule has 1 aliphatic rings. The Bertz CT molecular complexity index is 785. The molecule has 0 bridgehead atoms. The molecule has 124 valence electrons. The molecule has 3 rings (SSSR count). The molecule has 1 aliphatic heterocycles. The lowest BCUT2D eigenvalue weighted by Gasteiger charge is -2.33. The van der Waals surface area contributed by atoms with E-state index in [9.17, 15) is 9.18 Å². The van der Waals surface area contributed by atoms with Gasteiger partial charge in [-0.15, -0.1) is 0 Å². The van der Waals surface area contributed by atoms with Crippen LogP contribution in [-0.4, -0.2) is 22.9 Å². The maximum atomic E-state index is 13.5. The van der Waals surface area contributed by atoms with E-state index in [4.69, 9.17) is 5.73 Å². The maximum absolute atomic E-state index is 13.5. The fraction of sp³-hybridized carbons (Fsp3) is 0.400. The molecule has 0 atom stereocenters. The van der Waals surface area contributed by atoms with Gasteiger partial charge in [0.1, 0.15) is 11.6 Å². The highest BCUT2D eigenvalue weighted by atomic mass is 79.9. The first kappa shape index (κ1) is 16.7. The van der Waals surface area contributed by atoms with Gasteiger partial charge in [-0.25, -0.2) is 9.07 Å². The minimum Gasteiger partial charge on any atom is -0.383 e. The van der Waals surface area contributed by atoms with Gasteiger partial charge in [-0.1, -0.05) is 6.92 Å². The predicted molar refractivity (Wildman–Crippen MR) is 95.6 cm³/mol. The fourth-order valence-electron chi connectivity index (χ4n) is 3.18. The Morgan fingerprint density at radius 3 is 2.39 bits per heavy atom. The number of halogens is 3. The number of H-pyrrole nitrogens is 1. The summed E-state index contributed by atoms with van der Waals surface area (Å²) in [5, 5.41) is 6.08. The third-order valence-corrected chi connectivity index (χ3v) is 5.66. The van der Waals surface area contributed by atoms with Gasteiger partial charge in [0, 0.05) is 14.4 Å². The van der Waals surface area contributed by atoms with E-state index in [-0.39, 0.29) is 16.8 Å². The molecular weight excluding hydrogens is 431 g/mol. The SMILES string of the molecule is CC1(c2c(N)n(-c3c(Br)cc(F)cc3Br)[nH]c2=O)CCNCC1. The van der Waals surface area contributed by atoms with E-state index in [0.717, 1.165) is 25.9 Å². The van der Waals surface area contributed by atoms with Crippen LogP contribution in [0.25, 0.3) is 5.69 Å². The Morgan fingerprint density at radius 2 is 1.83 bits per heavy atom. The molecule has 1 aromatic carbocycles. The first-order valence-corrected chi connectivity index (χ1v) is 8.89. The second-order valence-electron chi connectivity index (χ2n) is 6.07. The van der Waals surface area contributed by atoms with Crippen molar-refractivity contribution in [2.75, 3.05) is 18.8 Å². The van der Waals surface area contributed by atoms with Crippen molar-refractivity contribution in [3.8, 4) is 5.69 Å². The van der Waals surface area contributed by atoms with E-state index in [0.29, 0.717) is 26.0 Å². The summed E-state index contributed by atoms with van der Waals surface area (Å²) in [5.41, 5.74) is 7.01. The Kier molecular flexibility index (Phi) is 4.41. The van der Waals surface area contributed by atoms with Crippen molar-refractivity contribution in [2.24, 2.45) is 0 Å². The van der Waals surface area contributed by atoms with Gasteiger partial charge in [0.25, 0.3) is 5.56 Å². The molecule has 2 aromatic rings. The summed E-state index contributed by atoms with van der Waals surface area (Å²) in [4.78, 5) is 12.5. The molecule has 0 amide bonds. The number of nitrogen functional groups attached to an aromatic ring is 1. The second kappa shape index (κ2) is 6.07. The van der Waals surface area contributed by atoms with Crippen LogP contribution >= 0.6 is 31.9 Å². The number of hydrogen-bond donors (Lipinski definition) is 3. The highest BCUT2D eigenvalue weighted by Gasteiger charge is 2.35. The number of piperidine rings is 1. The first-order valence-electron chi connectivity index (χ1n) is 7.30. The van der Waals surface area contributed by atoms with Crippen LogP contribution in [-0.2, 0) is 5.41 Å². The zero-order valence-corrected chi connectivity index (χ0v) is 15.7. The van der Waals surface area contributed by atoms with Crippen LogP contribution in [0.15, 0.2) is 25.9 Å². The molecular formula is C15H17Br2FN4O. The van der Waals surface area contributed by atoms with Gasteiger partial charge < -0.3 is 11.1 Å². The van der Waals surface area contributed by atoms with Gasteiger partial charge in [0.2, 0.25) is 0 Å². The standard InChI is InChI=1S/C15H17Br2FN4O/c1-15(2-4-20-5-3-15)11-13(19)22(21-14(11)23)12-9(16)6-8(18)7-10(12)17/h6-7,20H,2-5,19H2,1H3,(H,21,23). The van der Waals surface area contributed by atoms with Gasteiger partial charge in [-0.2, -0.15) is 0 Å². The lowest BCUT2D eigenvalue weighted by Crippen LogP contribution is -2.40. The third-order valence-electron chi connectivity index (χ3n) is 4.45. The minimum absolute atomic E-state index is 0.199. The molecule has 1 saturated heterocycles. The first-order chi connectivity index (χ1) is 10.8. The Balaban J connectivity index is 2.18. The van der Waals surface area contributed by atoms with Gasteiger partial charge in [-0.05, 0) is 69.9 Å². The van der Waals surface area contributed by atoms with Crippen LogP contribution in [0.4, 0.5) is 10.2 Å². The highest BCUT2D eigenvalue weighted by Crippen LogP contribution is 2.37. The number of nitrogens with one attached hydrogen (secondary N) is 2. The lowest BCUT2D eigenvalue weighted by atomic mass is 9.76. The van der Waals surface area contributed by atoms with Crippen molar-refractivity contribution in [2.45, 2.75) is 25.2 Å². The molecule has 5 nitrogen and oxygen atoms in total. The smallest absolute Gasteiger partial charge is 0.270 e. The summed E-state index contributed by atoms with van der Waals surface area (Å²) in [5.74, 6) is -0.0153. The summed E-state index contributed by atoms with van der Waals surface area (Å²) < 4.78 is 16.0. The average molecular weight is 448 g/mol. The van der Waals surface area contributed by atoms with Crippen LogP contribution in [0.2, 0.25) is 0 Å². The normalized spacial score (nSPS) is 17.4. The molecule has 0 unspecified atom stereocenters. The number of anilines is 1.